The van der Waals surface area contributed by atoms with Crippen molar-refractivity contribution in [1.82, 2.24) is 10.2 Å². The van der Waals surface area contributed by atoms with E-state index in [4.69, 9.17) is 4.74 Å². The molecule has 1 aromatic carbocycles. The summed E-state index contributed by atoms with van der Waals surface area (Å²) in [5.41, 5.74) is 1.53. The lowest BCUT2D eigenvalue weighted by Crippen LogP contribution is -2.14. The predicted molar refractivity (Wildman–Crippen MR) is 70.6 cm³/mol. The Bertz CT molecular complexity index is 592. The molecule has 2 aromatic rings. The molecule has 0 radical (unpaired) electrons. The molecule has 0 aliphatic carbocycles. The second kappa shape index (κ2) is 5.99. The van der Waals surface area contributed by atoms with Crippen molar-refractivity contribution in [3.63, 3.8) is 0 Å². The number of aromatic amines is 1. The number of esters is 1. The number of rotatable bonds is 5. The molecular formula is C13H15N3O3. The number of carbonyl (C=O) groups is 2. The fraction of sp³-hybridized carbons (Fsp3) is 0.308. The van der Waals surface area contributed by atoms with E-state index in [0.717, 1.165) is 10.9 Å². The number of anilines is 1. The monoisotopic (exact) mass is 261 g/mol. The summed E-state index contributed by atoms with van der Waals surface area (Å²) < 4.78 is 4.77. The molecule has 100 valence electrons. The van der Waals surface area contributed by atoms with Crippen molar-refractivity contribution in [2.75, 3.05) is 11.9 Å². The molecule has 0 aliphatic rings. The van der Waals surface area contributed by atoms with Gasteiger partial charge in [0.15, 0.2) is 0 Å². The molecule has 2 rings (SSSR count). The van der Waals surface area contributed by atoms with E-state index in [1.807, 2.05) is 12.1 Å². The fourth-order valence-corrected chi connectivity index (χ4v) is 1.74. The van der Waals surface area contributed by atoms with Crippen LogP contribution in [0.2, 0.25) is 0 Å². The van der Waals surface area contributed by atoms with Gasteiger partial charge in [0.05, 0.1) is 30.4 Å². The van der Waals surface area contributed by atoms with Gasteiger partial charge in [-0.25, -0.2) is 0 Å². The Morgan fingerprint density at radius 2 is 2.21 bits per heavy atom. The number of H-pyrrole nitrogens is 1. The maximum atomic E-state index is 11.7. The third-order valence-corrected chi connectivity index (χ3v) is 2.62. The van der Waals surface area contributed by atoms with Gasteiger partial charge in [-0.2, -0.15) is 5.10 Å². The lowest BCUT2D eigenvalue weighted by atomic mass is 10.2. The number of hydrogen-bond donors (Lipinski definition) is 2. The van der Waals surface area contributed by atoms with Crippen molar-refractivity contribution in [3.8, 4) is 0 Å². The fourth-order valence-electron chi connectivity index (χ4n) is 1.74. The van der Waals surface area contributed by atoms with Crippen LogP contribution in [-0.4, -0.2) is 28.7 Å². The van der Waals surface area contributed by atoms with Crippen LogP contribution in [0.1, 0.15) is 19.8 Å². The average molecular weight is 261 g/mol. The van der Waals surface area contributed by atoms with E-state index < -0.39 is 0 Å². The minimum Gasteiger partial charge on any atom is -0.466 e. The van der Waals surface area contributed by atoms with Gasteiger partial charge in [0.2, 0.25) is 5.91 Å². The van der Waals surface area contributed by atoms with Gasteiger partial charge in [-0.3, -0.25) is 14.7 Å². The van der Waals surface area contributed by atoms with E-state index in [1.165, 1.54) is 0 Å². The summed E-state index contributed by atoms with van der Waals surface area (Å²) in [5, 5.41) is 10.3. The van der Waals surface area contributed by atoms with Crippen LogP contribution < -0.4 is 5.32 Å². The van der Waals surface area contributed by atoms with Gasteiger partial charge in [0.1, 0.15) is 0 Å². The van der Waals surface area contributed by atoms with Gasteiger partial charge in [0, 0.05) is 11.8 Å². The van der Waals surface area contributed by atoms with E-state index in [2.05, 4.69) is 15.5 Å². The van der Waals surface area contributed by atoms with Crippen LogP contribution in [-0.2, 0) is 14.3 Å². The third-order valence-electron chi connectivity index (χ3n) is 2.62. The Hall–Kier alpha value is -2.37. The number of carbonyl (C=O) groups excluding carboxylic acids is 2. The highest BCUT2D eigenvalue weighted by molar-refractivity contribution is 6.01. The molecule has 1 aromatic heterocycles. The summed E-state index contributed by atoms with van der Waals surface area (Å²) in [4.78, 5) is 22.9. The van der Waals surface area contributed by atoms with Gasteiger partial charge in [-0.05, 0) is 19.1 Å². The predicted octanol–water partition coefficient (Wildman–Crippen LogP) is 1.84. The van der Waals surface area contributed by atoms with Crippen LogP contribution in [0.25, 0.3) is 10.9 Å². The molecule has 1 heterocycles. The molecule has 0 bridgehead atoms. The van der Waals surface area contributed by atoms with Crippen LogP contribution >= 0.6 is 0 Å². The first-order chi connectivity index (χ1) is 9.20. The minimum atomic E-state index is -0.362. The molecule has 0 saturated carbocycles. The van der Waals surface area contributed by atoms with Gasteiger partial charge >= 0.3 is 5.97 Å². The van der Waals surface area contributed by atoms with Crippen molar-refractivity contribution >= 4 is 28.5 Å². The normalized spacial score (nSPS) is 10.4. The maximum Gasteiger partial charge on any atom is 0.306 e. The second-order valence-electron chi connectivity index (χ2n) is 3.99. The third kappa shape index (κ3) is 3.31. The Morgan fingerprint density at radius 1 is 1.37 bits per heavy atom. The van der Waals surface area contributed by atoms with Crippen LogP contribution in [0.5, 0.6) is 0 Å². The zero-order valence-corrected chi connectivity index (χ0v) is 10.6. The van der Waals surface area contributed by atoms with Gasteiger partial charge < -0.3 is 10.1 Å². The lowest BCUT2D eigenvalue weighted by molar-refractivity contribution is -0.144. The highest BCUT2D eigenvalue weighted by atomic mass is 16.5. The first kappa shape index (κ1) is 13.1. The van der Waals surface area contributed by atoms with E-state index in [1.54, 1.807) is 19.2 Å². The number of benzene rings is 1. The first-order valence-corrected chi connectivity index (χ1v) is 6.08. The van der Waals surface area contributed by atoms with Crippen molar-refractivity contribution in [2.45, 2.75) is 19.8 Å². The van der Waals surface area contributed by atoms with Crippen molar-refractivity contribution in [1.29, 1.82) is 0 Å². The summed E-state index contributed by atoms with van der Waals surface area (Å²) in [6.45, 7) is 2.06. The molecule has 0 saturated heterocycles. The quantitative estimate of drug-likeness (QED) is 0.804. The van der Waals surface area contributed by atoms with E-state index in [-0.39, 0.29) is 24.7 Å². The molecule has 0 unspecified atom stereocenters. The molecule has 0 aliphatic heterocycles. The number of fused-ring (bicyclic) bond motifs is 1. The first-order valence-electron chi connectivity index (χ1n) is 6.08. The van der Waals surface area contributed by atoms with E-state index in [9.17, 15) is 9.59 Å². The van der Waals surface area contributed by atoms with Crippen LogP contribution in [0.15, 0.2) is 24.4 Å². The molecule has 19 heavy (non-hydrogen) atoms. The van der Waals surface area contributed by atoms with Crippen LogP contribution in [0.3, 0.4) is 0 Å². The number of amides is 1. The zero-order chi connectivity index (χ0) is 13.7. The Labute approximate surface area is 110 Å². The molecule has 6 nitrogen and oxygen atoms in total. The van der Waals surface area contributed by atoms with Gasteiger partial charge in [0.25, 0.3) is 0 Å². The molecule has 2 N–H and O–H groups in total. The number of hydrogen-bond acceptors (Lipinski definition) is 4. The van der Waals surface area contributed by atoms with Crippen molar-refractivity contribution < 1.29 is 14.3 Å². The number of nitrogens with zero attached hydrogens (tertiary/aromatic N) is 1. The Morgan fingerprint density at radius 3 is 3.00 bits per heavy atom. The lowest BCUT2D eigenvalue weighted by Gasteiger charge is -2.06. The highest BCUT2D eigenvalue weighted by Crippen LogP contribution is 2.21. The van der Waals surface area contributed by atoms with Gasteiger partial charge in [-0.15, -0.1) is 0 Å². The summed E-state index contributed by atoms with van der Waals surface area (Å²) in [6, 6.07) is 5.48. The van der Waals surface area contributed by atoms with Crippen molar-refractivity contribution in [3.05, 3.63) is 24.4 Å². The second-order valence-corrected chi connectivity index (χ2v) is 3.99. The summed E-state index contributed by atoms with van der Waals surface area (Å²) in [7, 11) is 0. The van der Waals surface area contributed by atoms with Crippen LogP contribution in [0.4, 0.5) is 5.69 Å². The summed E-state index contributed by atoms with van der Waals surface area (Å²) >= 11 is 0. The molecule has 0 atom stereocenters. The zero-order valence-electron chi connectivity index (χ0n) is 10.6. The summed E-state index contributed by atoms with van der Waals surface area (Å²) in [5.74, 6) is -0.582. The largest absolute Gasteiger partial charge is 0.466 e. The smallest absolute Gasteiger partial charge is 0.306 e. The molecule has 1 amide bonds. The van der Waals surface area contributed by atoms with E-state index in [0.29, 0.717) is 12.3 Å². The van der Waals surface area contributed by atoms with Crippen LogP contribution in [0, 0.1) is 0 Å². The minimum absolute atomic E-state index is 0.0844. The molecule has 6 heteroatoms. The standard InChI is InChI=1S/C13H15N3O3/c1-2-19-13(18)7-6-12(17)15-10-4-3-5-11-9(10)8-14-16-11/h3-5,8H,2,6-7H2,1H3,(H,14,16)(H,15,17). The number of nitrogens with one attached hydrogen (secondary N) is 2. The van der Waals surface area contributed by atoms with E-state index >= 15 is 0 Å². The Balaban J connectivity index is 1.95. The van der Waals surface area contributed by atoms with Gasteiger partial charge in [-0.1, -0.05) is 6.07 Å². The summed E-state index contributed by atoms with van der Waals surface area (Å²) in [6.07, 6.45) is 1.84. The molecular weight excluding hydrogens is 246 g/mol. The van der Waals surface area contributed by atoms with Crippen molar-refractivity contribution in [2.24, 2.45) is 0 Å². The topological polar surface area (TPSA) is 84.1 Å². The average Bonchev–Trinajstić information content (AvgIpc) is 2.86. The highest BCUT2D eigenvalue weighted by Gasteiger charge is 2.09. The SMILES string of the molecule is CCOC(=O)CCC(=O)Nc1cccc2[nH]ncc12. The molecule has 0 spiro atoms. The number of aromatic nitrogens is 2. The molecule has 0 fully saturated rings. The number of ether oxygens (including phenoxy) is 1. The Kier molecular flexibility index (Phi) is 4.12. The maximum absolute atomic E-state index is 11.7.